The summed E-state index contributed by atoms with van der Waals surface area (Å²) in [7, 11) is 0. The Morgan fingerprint density at radius 3 is 2.50 bits per heavy atom. The van der Waals surface area contributed by atoms with Gasteiger partial charge < -0.3 is 14.4 Å². The fraction of sp³-hybridized carbons (Fsp3) is 0.562. The van der Waals surface area contributed by atoms with E-state index in [2.05, 4.69) is 0 Å². The van der Waals surface area contributed by atoms with Gasteiger partial charge in [-0.05, 0) is 32.9 Å². The Morgan fingerprint density at radius 2 is 1.96 bits per heavy atom. The van der Waals surface area contributed by atoms with Crippen molar-refractivity contribution in [3.8, 4) is 5.75 Å². The first kappa shape index (κ1) is 18.3. The lowest BCUT2D eigenvalue weighted by atomic mass is 10.1. The highest BCUT2D eigenvalue weighted by Crippen LogP contribution is 2.35. The lowest BCUT2D eigenvalue weighted by Crippen LogP contribution is -2.44. The van der Waals surface area contributed by atoms with E-state index in [1.54, 1.807) is 11.0 Å². The van der Waals surface area contributed by atoms with Crippen LogP contribution >= 0.6 is 11.6 Å². The van der Waals surface area contributed by atoms with E-state index in [1.807, 2.05) is 20.8 Å². The summed E-state index contributed by atoms with van der Waals surface area (Å²) in [6.07, 6.45) is 0.585. The molecule has 1 aliphatic heterocycles. The van der Waals surface area contributed by atoms with Crippen LogP contribution in [0.3, 0.4) is 0 Å². The molecular formula is C16H21ClN2O5. The predicted octanol–water partition coefficient (Wildman–Crippen LogP) is 4.03. The molecule has 132 valence electrons. The summed E-state index contributed by atoms with van der Waals surface area (Å²) < 4.78 is 11.1. The summed E-state index contributed by atoms with van der Waals surface area (Å²) in [6.45, 7) is 6.42. The van der Waals surface area contributed by atoms with Gasteiger partial charge in [0.25, 0.3) is 0 Å². The molecule has 1 amide bonds. The van der Waals surface area contributed by atoms with Crippen LogP contribution in [0, 0.1) is 10.1 Å². The van der Waals surface area contributed by atoms with Crippen LogP contribution in [0.1, 0.15) is 33.6 Å². The lowest BCUT2D eigenvalue weighted by molar-refractivity contribution is -0.385. The second-order valence-electron chi connectivity index (χ2n) is 6.63. The monoisotopic (exact) mass is 356 g/mol. The minimum Gasteiger partial charge on any atom is -0.483 e. The minimum atomic E-state index is -0.548. The predicted molar refractivity (Wildman–Crippen MR) is 89.6 cm³/mol. The topological polar surface area (TPSA) is 81.9 Å². The van der Waals surface area contributed by atoms with E-state index in [0.29, 0.717) is 25.9 Å². The zero-order valence-electron chi connectivity index (χ0n) is 14.0. The number of nitro benzene ring substituents is 1. The zero-order chi connectivity index (χ0) is 17.9. The molecule has 24 heavy (non-hydrogen) atoms. The molecule has 1 aromatic rings. The summed E-state index contributed by atoms with van der Waals surface area (Å²) in [5.41, 5.74) is -0.764. The number of halogens is 1. The molecule has 0 saturated carbocycles. The molecule has 0 atom stereocenters. The normalized spacial score (nSPS) is 15.9. The fourth-order valence-corrected chi connectivity index (χ4v) is 2.66. The van der Waals surface area contributed by atoms with E-state index in [4.69, 9.17) is 21.1 Å². The zero-order valence-corrected chi connectivity index (χ0v) is 14.7. The van der Waals surface area contributed by atoms with Crippen molar-refractivity contribution < 1.29 is 19.2 Å². The Balaban J connectivity index is 1.96. The van der Waals surface area contributed by atoms with Crippen LogP contribution < -0.4 is 4.74 Å². The molecule has 0 unspecified atom stereocenters. The number of piperidine rings is 1. The molecule has 0 spiro atoms. The van der Waals surface area contributed by atoms with Crippen molar-refractivity contribution in [3.63, 3.8) is 0 Å². The number of hydrogen-bond donors (Lipinski definition) is 0. The summed E-state index contributed by atoms with van der Waals surface area (Å²) in [4.78, 5) is 24.2. The van der Waals surface area contributed by atoms with E-state index in [1.165, 1.54) is 12.1 Å². The van der Waals surface area contributed by atoms with Gasteiger partial charge in [0.15, 0.2) is 5.75 Å². The van der Waals surface area contributed by atoms with Gasteiger partial charge in [-0.15, -0.1) is 0 Å². The lowest BCUT2D eigenvalue weighted by Gasteiger charge is -2.33. The van der Waals surface area contributed by atoms with Gasteiger partial charge in [-0.2, -0.15) is 0 Å². The standard InChI is InChI=1S/C16H21ClN2O5/c1-16(2,3)24-15(20)18-9-7-11(8-10-18)23-13-6-4-5-12(17)14(13)19(21)22/h4-6,11H,7-10H2,1-3H3. The molecule has 1 saturated heterocycles. The van der Waals surface area contributed by atoms with E-state index < -0.39 is 10.5 Å². The summed E-state index contributed by atoms with van der Waals surface area (Å²) in [5, 5.41) is 11.2. The van der Waals surface area contributed by atoms with E-state index in [-0.39, 0.29) is 28.7 Å². The van der Waals surface area contributed by atoms with Crippen LogP contribution in [0.4, 0.5) is 10.5 Å². The molecule has 2 rings (SSSR count). The Morgan fingerprint density at radius 1 is 1.33 bits per heavy atom. The first-order chi connectivity index (χ1) is 11.2. The van der Waals surface area contributed by atoms with Crippen molar-refractivity contribution in [3.05, 3.63) is 33.3 Å². The Kier molecular flexibility index (Phi) is 5.54. The fourth-order valence-electron chi connectivity index (χ4n) is 2.43. The number of carbonyl (C=O) groups excluding carboxylic acids is 1. The Bertz CT molecular complexity index is 621. The molecular weight excluding hydrogens is 336 g/mol. The van der Waals surface area contributed by atoms with Crippen molar-refractivity contribution in [2.24, 2.45) is 0 Å². The smallest absolute Gasteiger partial charge is 0.410 e. The number of likely N-dealkylation sites (tertiary alicyclic amines) is 1. The molecule has 0 bridgehead atoms. The molecule has 1 aliphatic rings. The van der Waals surface area contributed by atoms with Crippen LogP contribution in [-0.2, 0) is 4.74 Å². The number of amides is 1. The number of hydrogen-bond acceptors (Lipinski definition) is 5. The summed E-state index contributed by atoms with van der Waals surface area (Å²) >= 11 is 5.88. The quantitative estimate of drug-likeness (QED) is 0.603. The third-order valence-electron chi connectivity index (χ3n) is 3.52. The number of rotatable bonds is 3. The average molecular weight is 357 g/mol. The van der Waals surface area contributed by atoms with E-state index in [9.17, 15) is 14.9 Å². The number of nitrogens with zero attached hydrogens (tertiary/aromatic N) is 2. The van der Waals surface area contributed by atoms with Crippen molar-refractivity contribution in [1.29, 1.82) is 0 Å². The van der Waals surface area contributed by atoms with Gasteiger partial charge in [-0.25, -0.2) is 4.79 Å². The number of ether oxygens (including phenoxy) is 2. The highest BCUT2D eigenvalue weighted by Gasteiger charge is 2.29. The van der Waals surface area contributed by atoms with Crippen LogP contribution in [0.5, 0.6) is 5.75 Å². The maximum absolute atomic E-state index is 12.0. The Hall–Kier alpha value is -2.02. The van der Waals surface area contributed by atoms with Crippen LogP contribution in [0.2, 0.25) is 5.02 Å². The van der Waals surface area contributed by atoms with Gasteiger partial charge in [-0.3, -0.25) is 10.1 Å². The number of para-hydroxylation sites is 1. The van der Waals surface area contributed by atoms with Crippen LogP contribution in [-0.4, -0.2) is 40.7 Å². The van der Waals surface area contributed by atoms with Crippen molar-refractivity contribution in [2.75, 3.05) is 13.1 Å². The van der Waals surface area contributed by atoms with Crippen molar-refractivity contribution in [1.82, 2.24) is 4.90 Å². The highest BCUT2D eigenvalue weighted by atomic mass is 35.5. The molecule has 8 heteroatoms. The first-order valence-electron chi connectivity index (χ1n) is 7.75. The van der Waals surface area contributed by atoms with Gasteiger partial charge in [0.05, 0.1) is 4.92 Å². The number of benzene rings is 1. The van der Waals surface area contributed by atoms with Crippen LogP contribution in [0.25, 0.3) is 0 Å². The molecule has 7 nitrogen and oxygen atoms in total. The third kappa shape index (κ3) is 4.74. The second kappa shape index (κ2) is 7.25. The van der Waals surface area contributed by atoms with Gasteiger partial charge in [0.1, 0.15) is 16.7 Å². The maximum Gasteiger partial charge on any atom is 0.410 e. The van der Waals surface area contributed by atoms with Crippen molar-refractivity contribution >= 4 is 23.4 Å². The number of nitro groups is 1. The van der Waals surface area contributed by atoms with E-state index in [0.717, 1.165) is 0 Å². The molecule has 1 heterocycles. The van der Waals surface area contributed by atoms with Gasteiger partial charge >= 0.3 is 11.8 Å². The molecule has 0 N–H and O–H groups in total. The van der Waals surface area contributed by atoms with Gasteiger partial charge in [-0.1, -0.05) is 17.7 Å². The van der Waals surface area contributed by atoms with Gasteiger partial charge in [0.2, 0.25) is 0 Å². The maximum atomic E-state index is 12.0. The third-order valence-corrected chi connectivity index (χ3v) is 3.82. The molecule has 1 fully saturated rings. The summed E-state index contributed by atoms with van der Waals surface area (Å²) in [6, 6.07) is 4.60. The molecule has 0 aliphatic carbocycles. The number of carbonyl (C=O) groups is 1. The average Bonchev–Trinajstić information content (AvgIpc) is 2.45. The highest BCUT2D eigenvalue weighted by molar-refractivity contribution is 6.32. The minimum absolute atomic E-state index is 0.0451. The molecule has 0 radical (unpaired) electrons. The second-order valence-corrected chi connectivity index (χ2v) is 7.04. The molecule has 1 aromatic carbocycles. The van der Waals surface area contributed by atoms with Crippen LogP contribution in [0.15, 0.2) is 18.2 Å². The SMILES string of the molecule is CC(C)(C)OC(=O)N1CCC(Oc2cccc(Cl)c2[N+](=O)[O-])CC1. The van der Waals surface area contributed by atoms with Gasteiger partial charge in [0, 0.05) is 25.9 Å². The first-order valence-corrected chi connectivity index (χ1v) is 8.12. The van der Waals surface area contributed by atoms with Crippen molar-refractivity contribution in [2.45, 2.75) is 45.3 Å². The summed E-state index contributed by atoms with van der Waals surface area (Å²) in [5.74, 6) is 0.156. The largest absolute Gasteiger partial charge is 0.483 e. The van der Waals surface area contributed by atoms with E-state index >= 15 is 0 Å². The Labute approximate surface area is 145 Å². The molecule has 0 aromatic heterocycles.